The van der Waals surface area contributed by atoms with E-state index in [1.165, 1.54) is 18.5 Å². The maximum absolute atomic E-state index is 6.35. The first-order chi connectivity index (χ1) is 8.49. The van der Waals surface area contributed by atoms with E-state index in [1.54, 1.807) is 0 Å². The molecular formula is C14H26ClN3. The Morgan fingerprint density at radius 1 is 1.33 bits per heavy atom. The van der Waals surface area contributed by atoms with Crippen LogP contribution < -0.4 is 5.32 Å². The summed E-state index contributed by atoms with van der Waals surface area (Å²) in [5, 5.41) is 8.70. The highest BCUT2D eigenvalue weighted by Gasteiger charge is 2.17. The summed E-state index contributed by atoms with van der Waals surface area (Å²) in [5.74, 6) is 0.745. The molecule has 1 rings (SSSR count). The Morgan fingerprint density at radius 2 is 2.00 bits per heavy atom. The average Bonchev–Trinajstić information content (AvgIpc) is 2.61. The van der Waals surface area contributed by atoms with Gasteiger partial charge in [-0.15, -0.1) is 0 Å². The molecule has 1 heterocycles. The SMILES string of the molecule is CCn1nc(C)c(Cl)c1CC(CCC(C)C)NC. The van der Waals surface area contributed by atoms with Crippen molar-refractivity contribution < 1.29 is 0 Å². The molecule has 0 aliphatic heterocycles. The van der Waals surface area contributed by atoms with Gasteiger partial charge in [0.2, 0.25) is 0 Å². The summed E-state index contributed by atoms with van der Waals surface area (Å²) in [6, 6.07) is 0.478. The monoisotopic (exact) mass is 271 g/mol. The lowest BCUT2D eigenvalue weighted by Gasteiger charge is -2.18. The predicted octanol–water partition coefficient (Wildman–Crippen LogP) is 3.43. The number of nitrogens with one attached hydrogen (secondary N) is 1. The molecule has 0 radical (unpaired) electrons. The van der Waals surface area contributed by atoms with Crippen molar-refractivity contribution in [2.75, 3.05) is 7.05 Å². The highest BCUT2D eigenvalue weighted by atomic mass is 35.5. The normalized spacial score (nSPS) is 13.3. The van der Waals surface area contributed by atoms with Gasteiger partial charge in [-0.2, -0.15) is 5.10 Å². The minimum atomic E-state index is 0.478. The lowest BCUT2D eigenvalue weighted by atomic mass is 10.00. The van der Waals surface area contributed by atoms with E-state index in [1.807, 2.05) is 18.7 Å². The fourth-order valence-electron chi connectivity index (χ4n) is 2.18. The third-order valence-electron chi connectivity index (χ3n) is 3.39. The predicted molar refractivity (Wildman–Crippen MR) is 78.3 cm³/mol. The van der Waals surface area contributed by atoms with E-state index >= 15 is 0 Å². The van der Waals surface area contributed by atoms with E-state index in [9.17, 15) is 0 Å². The van der Waals surface area contributed by atoms with Gasteiger partial charge in [0, 0.05) is 19.0 Å². The Bertz CT molecular complexity index is 371. The Labute approximate surface area is 116 Å². The number of hydrogen-bond acceptors (Lipinski definition) is 2. The summed E-state index contributed by atoms with van der Waals surface area (Å²) in [4.78, 5) is 0. The van der Waals surface area contributed by atoms with E-state index in [0.717, 1.165) is 29.6 Å². The Hall–Kier alpha value is -0.540. The summed E-state index contributed by atoms with van der Waals surface area (Å²) in [6.07, 6.45) is 3.37. The summed E-state index contributed by atoms with van der Waals surface area (Å²) in [7, 11) is 2.03. The van der Waals surface area contributed by atoms with Crippen molar-refractivity contribution in [3.63, 3.8) is 0 Å². The first-order valence-electron chi connectivity index (χ1n) is 6.88. The molecule has 0 fully saturated rings. The van der Waals surface area contributed by atoms with Crippen LogP contribution in [0.15, 0.2) is 0 Å². The topological polar surface area (TPSA) is 29.9 Å². The number of aryl methyl sites for hydroxylation is 2. The van der Waals surface area contributed by atoms with E-state index in [-0.39, 0.29) is 0 Å². The second kappa shape index (κ2) is 7.15. The molecule has 104 valence electrons. The number of aromatic nitrogens is 2. The molecule has 0 saturated carbocycles. The van der Waals surface area contributed by atoms with Crippen LogP contribution in [0.4, 0.5) is 0 Å². The van der Waals surface area contributed by atoms with E-state index in [2.05, 4.69) is 31.2 Å². The molecule has 1 aromatic heterocycles. The number of hydrogen-bond donors (Lipinski definition) is 1. The van der Waals surface area contributed by atoms with Crippen LogP contribution in [-0.2, 0) is 13.0 Å². The number of nitrogens with zero attached hydrogens (tertiary/aromatic N) is 2. The van der Waals surface area contributed by atoms with E-state index < -0.39 is 0 Å². The van der Waals surface area contributed by atoms with Crippen molar-refractivity contribution in [3.8, 4) is 0 Å². The smallest absolute Gasteiger partial charge is 0.0847 e. The summed E-state index contributed by atoms with van der Waals surface area (Å²) < 4.78 is 2.03. The summed E-state index contributed by atoms with van der Waals surface area (Å²) in [5.41, 5.74) is 2.10. The molecule has 0 spiro atoms. The molecule has 0 bridgehead atoms. The van der Waals surface area contributed by atoms with Gasteiger partial charge in [0.05, 0.1) is 16.4 Å². The van der Waals surface area contributed by atoms with Crippen molar-refractivity contribution in [2.45, 2.75) is 59.5 Å². The molecule has 0 aliphatic rings. The number of likely N-dealkylation sites (N-methyl/N-ethyl adjacent to an activating group) is 1. The average molecular weight is 272 g/mol. The van der Waals surface area contributed by atoms with Crippen LogP contribution >= 0.6 is 11.6 Å². The second-order valence-corrected chi connectivity index (χ2v) is 5.70. The van der Waals surface area contributed by atoms with Gasteiger partial charge in [-0.3, -0.25) is 4.68 Å². The van der Waals surface area contributed by atoms with Crippen LogP contribution in [0.1, 0.15) is 45.0 Å². The third kappa shape index (κ3) is 3.99. The van der Waals surface area contributed by atoms with Gasteiger partial charge in [0.1, 0.15) is 0 Å². The van der Waals surface area contributed by atoms with Gasteiger partial charge < -0.3 is 5.32 Å². The molecule has 0 aliphatic carbocycles. The molecule has 1 atom stereocenters. The van der Waals surface area contributed by atoms with Crippen molar-refractivity contribution in [1.29, 1.82) is 0 Å². The van der Waals surface area contributed by atoms with Gasteiger partial charge in [0.25, 0.3) is 0 Å². The minimum Gasteiger partial charge on any atom is -0.317 e. The van der Waals surface area contributed by atoms with Crippen LogP contribution in [0.5, 0.6) is 0 Å². The van der Waals surface area contributed by atoms with Crippen molar-refractivity contribution >= 4 is 11.6 Å². The molecule has 18 heavy (non-hydrogen) atoms. The van der Waals surface area contributed by atoms with Gasteiger partial charge >= 0.3 is 0 Å². The zero-order valence-electron chi connectivity index (χ0n) is 12.3. The molecule has 0 amide bonds. The summed E-state index contributed by atoms with van der Waals surface area (Å²) in [6.45, 7) is 9.49. The van der Waals surface area contributed by atoms with E-state index in [0.29, 0.717) is 6.04 Å². The highest BCUT2D eigenvalue weighted by Crippen LogP contribution is 2.22. The zero-order valence-corrected chi connectivity index (χ0v) is 13.0. The van der Waals surface area contributed by atoms with Crippen LogP contribution in [0, 0.1) is 12.8 Å². The molecule has 4 heteroatoms. The fourth-order valence-corrected chi connectivity index (χ4v) is 2.39. The van der Waals surface area contributed by atoms with Gasteiger partial charge in [-0.25, -0.2) is 0 Å². The van der Waals surface area contributed by atoms with Crippen LogP contribution in [0.2, 0.25) is 5.02 Å². The second-order valence-electron chi connectivity index (χ2n) is 5.32. The van der Waals surface area contributed by atoms with Crippen LogP contribution in [0.25, 0.3) is 0 Å². The Kier molecular flexibility index (Phi) is 6.16. The Morgan fingerprint density at radius 3 is 2.50 bits per heavy atom. The maximum atomic E-state index is 6.35. The molecule has 1 N–H and O–H groups in total. The minimum absolute atomic E-state index is 0.478. The van der Waals surface area contributed by atoms with Crippen molar-refractivity contribution in [2.24, 2.45) is 5.92 Å². The highest BCUT2D eigenvalue weighted by molar-refractivity contribution is 6.31. The summed E-state index contributed by atoms with van der Waals surface area (Å²) >= 11 is 6.35. The molecular weight excluding hydrogens is 246 g/mol. The third-order valence-corrected chi connectivity index (χ3v) is 3.88. The fraction of sp³-hybridized carbons (Fsp3) is 0.786. The van der Waals surface area contributed by atoms with E-state index in [4.69, 9.17) is 11.6 Å². The molecule has 0 aromatic carbocycles. The Balaban J connectivity index is 2.74. The van der Waals surface area contributed by atoms with Crippen molar-refractivity contribution in [3.05, 3.63) is 16.4 Å². The van der Waals surface area contributed by atoms with Gasteiger partial charge in [-0.1, -0.05) is 25.4 Å². The first kappa shape index (κ1) is 15.5. The quantitative estimate of drug-likeness (QED) is 0.823. The van der Waals surface area contributed by atoms with Crippen LogP contribution in [-0.4, -0.2) is 22.9 Å². The molecule has 0 saturated heterocycles. The number of rotatable bonds is 7. The van der Waals surface area contributed by atoms with Crippen molar-refractivity contribution in [1.82, 2.24) is 15.1 Å². The molecule has 1 unspecified atom stereocenters. The van der Waals surface area contributed by atoms with Gasteiger partial charge in [-0.05, 0) is 39.7 Å². The van der Waals surface area contributed by atoms with Gasteiger partial charge in [0.15, 0.2) is 0 Å². The zero-order chi connectivity index (χ0) is 13.7. The van der Waals surface area contributed by atoms with Crippen LogP contribution in [0.3, 0.4) is 0 Å². The molecule has 3 nitrogen and oxygen atoms in total. The lowest BCUT2D eigenvalue weighted by molar-refractivity contribution is 0.440. The largest absolute Gasteiger partial charge is 0.317 e. The number of halogens is 1. The lowest BCUT2D eigenvalue weighted by Crippen LogP contribution is -2.29. The maximum Gasteiger partial charge on any atom is 0.0847 e. The standard InChI is InChI=1S/C14H26ClN3/c1-6-18-13(14(15)11(4)17-18)9-12(16-5)8-7-10(2)3/h10,12,16H,6-9H2,1-5H3. The molecule has 1 aromatic rings. The first-order valence-corrected chi connectivity index (χ1v) is 7.26.